The SMILES string of the molecule is O=C(Nc1c(C(=O)Nc2ccc(Br)cc2)cnn1-c1ccccc1)c1ccc(Cl)cc1. The number of para-hydroxylation sites is 1. The number of hydrogen-bond donors (Lipinski definition) is 2. The maximum Gasteiger partial charge on any atom is 0.261 e. The number of benzene rings is 3. The van der Waals surface area contributed by atoms with Crippen LogP contribution in [0.25, 0.3) is 5.69 Å². The summed E-state index contributed by atoms with van der Waals surface area (Å²) in [4.78, 5) is 25.8. The van der Waals surface area contributed by atoms with Crippen LogP contribution in [0.2, 0.25) is 5.02 Å². The minimum absolute atomic E-state index is 0.231. The Hall–Kier alpha value is -3.42. The first-order valence-corrected chi connectivity index (χ1v) is 10.5. The van der Waals surface area contributed by atoms with Crippen LogP contribution < -0.4 is 10.6 Å². The molecule has 154 valence electrons. The quantitative estimate of drug-likeness (QED) is 0.368. The molecule has 0 aliphatic heterocycles. The van der Waals surface area contributed by atoms with Crippen LogP contribution in [0, 0.1) is 0 Å². The van der Waals surface area contributed by atoms with E-state index in [4.69, 9.17) is 11.6 Å². The van der Waals surface area contributed by atoms with Gasteiger partial charge in [-0.2, -0.15) is 5.10 Å². The van der Waals surface area contributed by atoms with Crippen LogP contribution in [-0.4, -0.2) is 21.6 Å². The molecule has 4 rings (SSSR count). The number of rotatable bonds is 5. The maximum atomic E-state index is 13.0. The molecule has 6 nitrogen and oxygen atoms in total. The standard InChI is InChI=1S/C23H16BrClN4O2/c24-16-8-12-18(13-9-16)27-23(31)20-14-26-29(19-4-2-1-3-5-19)21(20)28-22(30)15-6-10-17(25)11-7-15/h1-14H,(H,27,31)(H,28,30). The molecule has 8 heteroatoms. The smallest absolute Gasteiger partial charge is 0.261 e. The monoisotopic (exact) mass is 494 g/mol. The minimum atomic E-state index is -0.393. The Bertz CT molecular complexity index is 1220. The summed E-state index contributed by atoms with van der Waals surface area (Å²) in [5, 5.41) is 10.5. The zero-order chi connectivity index (χ0) is 21.8. The van der Waals surface area contributed by atoms with E-state index in [0.717, 1.165) is 4.47 Å². The van der Waals surface area contributed by atoms with Gasteiger partial charge in [0.05, 0.1) is 11.9 Å². The number of carbonyl (C=O) groups excluding carboxylic acids is 2. The zero-order valence-corrected chi connectivity index (χ0v) is 18.4. The second-order valence-corrected chi connectivity index (χ2v) is 7.93. The van der Waals surface area contributed by atoms with Crippen LogP contribution in [-0.2, 0) is 0 Å². The van der Waals surface area contributed by atoms with Crippen LogP contribution >= 0.6 is 27.5 Å². The molecule has 0 atom stereocenters. The predicted molar refractivity (Wildman–Crippen MR) is 125 cm³/mol. The summed E-state index contributed by atoms with van der Waals surface area (Å²) in [5.41, 5.74) is 1.96. The molecule has 0 aliphatic rings. The number of nitrogens with one attached hydrogen (secondary N) is 2. The lowest BCUT2D eigenvalue weighted by Gasteiger charge is -2.12. The second kappa shape index (κ2) is 9.16. The van der Waals surface area contributed by atoms with E-state index in [1.807, 2.05) is 42.5 Å². The third-order valence-electron chi connectivity index (χ3n) is 4.46. The molecule has 0 saturated heterocycles. The lowest BCUT2D eigenvalue weighted by atomic mass is 10.2. The van der Waals surface area contributed by atoms with Crippen LogP contribution in [0.5, 0.6) is 0 Å². The molecule has 0 spiro atoms. The Morgan fingerprint density at radius 2 is 1.52 bits per heavy atom. The molecule has 31 heavy (non-hydrogen) atoms. The average Bonchev–Trinajstić information content (AvgIpc) is 3.20. The number of aromatic nitrogens is 2. The summed E-state index contributed by atoms with van der Waals surface area (Å²) < 4.78 is 2.42. The van der Waals surface area contributed by atoms with Crippen molar-refractivity contribution in [3.63, 3.8) is 0 Å². The third kappa shape index (κ3) is 4.84. The number of amides is 2. The van der Waals surface area contributed by atoms with Gasteiger partial charge >= 0.3 is 0 Å². The van der Waals surface area contributed by atoms with Crippen molar-refractivity contribution in [1.29, 1.82) is 0 Å². The van der Waals surface area contributed by atoms with Crippen molar-refractivity contribution in [3.05, 3.63) is 106 Å². The number of anilines is 2. The highest BCUT2D eigenvalue weighted by atomic mass is 79.9. The van der Waals surface area contributed by atoms with Crippen molar-refractivity contribution in [2.24, 2.45) is 0 Å². The summed E-state index contributed by atoms with van der Waals surface area (Å²) in [6.45, 7) is 0. The van der Waals surface area contributed by atoms with Gasteiger partial charge in [0.1, 0.15) is 11.4 Å². The molecule has 0 fully saturated rings. The van der Waals surface area contributed by atoms with E-state index in [0.29, 0.717) is 22.0 Å². The molecular formula is C23H16BrClN4O2. The fourth-order valence-corrected chi connectivity index (χ4v) is 3.30. The fourth-order valence-electron chi connectivity index (χ4n) is 2.91. The molecule has 3 aromatic carbocycles. The minimum Gasteiger partial charge on any atom is -0.322 e. The lowest BCUT2D eigenvalue weighted by molar-refractivity contribution is 0.102. The summed E-state index contributed by atoms with van der Waals surface area (Å²) >= 11 is 9.29. The first-order valence-electron chi connectivity index (χ1n) is 9.28. The van der Waals surface area contributed by atoms with E-state index in [2.05, 4.69) is 31.7 Å². The van der Waals surface area contributed by atoms with Gasteiger partial charge in [0.2, 0.25) is 0 Å². The number of nitrogens with zero attached hydrogens (tertiary/aromatic N) is 2. The Morgan fingerprint density at radius 1 is 0.839 bits per heavy atom. The Morgan fingerprint density at radius 3 is 2.19 bits per heavy atom. The summed E-state index contributed by atoms with van der Waals surface area (Å²) in [6.07, 6.45) is 1.43. The zero-order valence-electron chi connectivity index (χ0n) is 16.0. The van der Waals surface area contributed by atoms with Gasteiger partial charge in [0.25, 0.3) is 11.8 Å². The van der Waals surface area contributed by atoms with E-state index in [9.17, 15) is 9.59 Å². The third-order valence-corrected chi connectivity index (χ3v) is 5.24. The van der Waals surface area contributed by atoms with Crippen LogP contribution in [0.3, 0.4) is 0 Å². The van der Waals surface area contributed by atoms with E-state index >= 15 is 0 Å². The highest BCUT2D eigenvalue weighted by Gasteiger charge is 2.21. The van der Waals surface area contributed by atoms with Crippen LogP contribution in [0.15, 0.2) is 89.5 Å². The molecule has 0 aliphatic carbocycles. The summed E-state index contributed by atoms with van der Waals surface area (Å²) in [7, 11) is 0. The van der Waals surface area contributed by atoms with Crippen molar-refractivity contribution in [2.75, 3.05) is 10.6 Å². The molecule has 2 N–H and O–H groups in total. The topological polar surface area (TPSA) is 76.0 Å². The van der Waals surface area contributed by atoms with Gasteiger partial charge in [-0.15, -0.1) is 0 Å². The van der Waals surface area contributed by atoms with Gasteiger partial charge in [-0.05, 0) is 60.7 Å². The maximum absolute atomic E-state index is 13.0. The molecule has 1 heterocycles. The molecule has 4 aromatic rings. The average molecular weight is 496 g/mol. The lowest BCUT2D eigenvalue weighted by Crippen LogP contribution is -2.19. The Kier molecular flexibility index (Phi) is 6.16. The molecule has 0 bridgehead atoms. The normalized spacial score (nSPS) is 10.5. The highest BCUT2D eigenvalue weighted by Crippen LogP contribution is 2.23. The largest absolute Gasteiger partial charge is 0.322 e. The first-order chi connectivity index (χ1) is 15.0. The molecule has 0 radical (unpaired) electrons. The number of halogens is 2. The van der Waals surface area contributed by atoms with Gasteiger partial charge in [-0.1, -0.05) is 45.7 Å². The van der Waals surface area contributed by atoms with Crippen molar-refractivity contribution in [3.8, 4) is 5.69 Å². The van der Waals surface area contributed by atoms with Gasteiger partial charge in [-0.25, -0.2) is 4.68 Å². The van der Waals surface area contributed by atoms with E-state index in [-0.39, 0.29) is 17.3 Å². The number of hydrogen-bond acceptors (Lipinski definition) is 3. The van der Waals surface area contributed by atoms with Gasteiger partial charge < -0.3 is 10.6 Å². The summed E-state index contributed by atoms with van der Waals surface area (Å²) in [5.74, 6) is -0.510. The molecule has 2 amide bonds. The highest BCUT2D eigenvalue weighted by molar-refractivity contribution is 9.10. The van der Waals surface area contributed by atoms with Crippen LogP contribution in [0.1, 0.15) is 20.7 Å². The second-order valence-electron chi connectivity index (χ2n) is 6.58. The first kappa shape index (κ1) is 20.8. The van der Waals surface area contributed by atoms with Crippen LogP contribution in [0.4, 0.5) is 11.5 Å². The van der Waals surface area contributed by atoms with Gasteiger partial charge in [0.15, 0.2) is 0 Å². The van der Waals surface area contributed by atoms with Gasteiger partial charge in [0, 0.05) is 20.7 Å². The van der Waals surface area contributed by atoms with Crippen molar-refractivity contribution >= 4 is 50.9 Å². The molecule has 0 unspecified atom stereocenters. The van der Waals surface area contributed by atoms with E-state index < -0.39 is 5.91 Å². The van der Waals surface area contributed by atoms with Crippen molar-refractivity contribution < 1.29 is 9.59 Å². The fraction of sp³-hybridized carbons (Fsp3) is 0. The van der Waals surface area contributed by atoms with Gasteiger partial charge in [-0.3, -0.25) is 9.59 Å². The Labute approximate surface area is 192 Å². The number of carbonyl (C=O) groups is 2. The Balaban J connectivity index is 1.68. The molecule has 0 saturated carbocycles. The molecule has 1 aromatic heterocycles. The van der Waals surface area contributed by atoms with E-state index in [1.54, 1.807) is 36.4 Å². The van der Waals surface area contributed by atoms with Crippen molar-refractivity contribution in [2.45, 2.75) is 0 Å². The summed E-state index contributed by atoms with van der Waals surface area (Å²) in [6, 6.07) is 22.9. The predicted octanol–water partition coefficient (Wildman–Crippen LogP) is 5.79. The molecular weight excluding hydrogens is 480 g/mol. The van der Waals surface area contributed by atoms with E-state index in [1.165, 1.54) is 10.9 Å². The van der Waals surface area contributed by atoms with Crippen molar-refractivity contribution in [1.82, 2.24) is 9.78 Å².